The molecular formula is C20H23ClN2O4S. The first kappa shape index (κ1) is 20.6. The number of hydrogen-bond donors (Lipinski definition) is 1. The zero-order chi connectivity index (χ0) is 20.3. The van der Waals surface area contributed by atoms with Crippen molar-refractivity contribution in [1.82, 2.24) is 4.31 Å². The van der Waals surface area contributed by atoms with Crippen molar-refractivity contribution < 1.29 is 17.9 Å². The maximum Gasteiger partial charge on any atom is 0.255 e. The van der Waals surface area contributed by atoms with E-state index < -0.39 is 15.9 Å². The topological polar surface area (TPSA) is 75.7 Å². The van der Waals surface area contributed by atoms with Crippen molar-refractivity contribution in [2.24, 2.45) is 0 Å². The lowest BCUT2D eigenvalue weighted by Crippen LogP contribution is -2.36. The quantitative estimate of drug-likeness (QED) is 0.787. The highest BCUT2D eigenvalue weighted by atomic mass is 35.5. The molecule has 2 aromatic rings. The summed E-state index contributed by atoms with van der Waals surface area (Å²) in [6.07, 6.45) is 2.74. The van der Waals surface area contributed by atoms with Crippen LogP contribution >= 0.6 is 11.6 Å². The maximum atomic E-state index is 13.0. The number of methoxy groups -OCH3 is 1. The Balaban J connectivity index is 1.91. The summed E-state index contributed by atoms with van der Waals surface area (Å²) in [5, 5.41) is 3.19. The first-order valence-corrected chi connectivity index (χ1v) is 10.9. The normalized spacial score (nSPS) is 15.2. The van der Waals surface area contributed by atoms with Gasteiger partial charge in [0.1, 0.15) is 5.75 Å². The van der Waals surface area contributed by atoms with Gasteiger partial charge in [0.05, 0.1) is 17.7 Å². The Morgan fingerprint density at radius 1 is 1.11 bits per heavy atom. The fourth-order valence-corrected chi connectivity index (χ4v) is 5.18. The Hall–Kier alpha value is -2.09. The van der Waals surface area contributed by atoms with Crippen molar-refractivity contribution in [2.75, 3.05) is 25.5 Å². The zero-order valence-corrected chi connectivity index (χ0v) is 17.4. The van der Waals surface area contributed by atoms with Crippen molar-refractivity contribution in [3.05, 3.63) is 52.5 Å². The van der Waals surface area contributed by atoms with Crippen LogP contribution in [0.3, 0.4) is 0 Å². The van der Waals surface area contributed by atoms with Crippen LogP contribution in [0.5, 0.6) is 5.75 Å². The summed E-state index contributed by atoms with van der Waals surface area (Å²) in [5.74, 6) is 0.0293. The van der Waals surface area contributed by atoms with E-state index in [2.05, 4.69) is 5.32 Å². The highest BCUT2D eigenvalue weighted by Gasteiger charge is 2.28. The molecule has 2 aromatic carbocycles. The van der Waals surface area contributed by atoms with Gasteiger partial charge in [0.25, 0.3) is 5.91 Å². The molecule has 8 heteroatoms. The monoisotopic (exact) mass is 422 g/mol. The Labute approximate surface area is 170 Å². The summed E-state index contributed by atoms with van der Waals surface area (Å²) in [6, 6.07) is 9.59. The molecule has 1 heterocycles. The van der Waals surface area contributed by atoms with Gasteiger partial charge >= 0.3 is 0 Å². The highest BCUT2D eigenvalue weighted by molar-refractivity contribution is 7.89. The van der Waals surface area contributed by atoms with Gasteiger partial charge in [-0.05, 0) is 55.7 Å². The number of benzene rings is 2. The molecule has 0 saturated carbocycles. The van der Waals surface area contributed by atoms with Gasteiger partial charge in [0.2, 0.25) is 10.0 Å². The summed E-state index contributed by atoms with van der Waals surface area (Å²) < 4.78 is 32.8. The number of piperidine rings is 1. The van der Waals surface area contributed by atoms with Gasteiger partial charge in [-0.1, -0.05) is 24.1 Å². The molecule has 1 aliphatic rings. The van der Waals surface area contributed by atoms with E-state index in [0.717, 1.165) is 19.3 Å². The molecule has 0 atom stereocenters. The second-order valence-electron chi connectivity index (χ2n) is 6.74. The lowest BCUT2D eigenvalue weighted by Gasteiger charge is -2.26. The van der Waals surface area contributed by atoms with Gasteiger partial charge < -0.3 is 10.1 Å². The minimum atomic E-state index is -3.63. The van der Waals surface area contributed by atoms with Crippen LogP contribution in [-0.4, -0.2) is 38.8 Å². The Kier molecular flexibility index (Phi) is 6.27. The van der Waals surface area contributed by atoms with Crippen LogP contribution in [0.1, 0.15) is 35.2 Å². The minimum Gasteiger partial charge on any atom is -0.495 e. The third-order valence-corrected chi connectivity index (χ3v) is 7.07. The van der Waals surface area contributed by atoms with Crippen LogP contribution in [0.25, 0.3) is 0 Å². The molecule has 0 unspecified atom stereocenters. The number of sulfonamides is 1. The number of nitrogens with one attached hydrogen (secondary N) is 1. The van der Waals surface area contributed by atoms with E-state index in [1.807, 2.05) is 0 Å². The SMILES string of the molecule is COc1ccc(Cl)cc1NC(=O)c1ccc(C)c(S(=O)(=O)N2CCCCC2)c1. The van der Waals surface area contributed by atoms with Gasteiger partial charge in [-0.15, -0.1) is 0 Å². The van der Waals surface area contributed by atoms with Crippen molar-refractivity contribution in [3.63, 3.8) is 0 Å². The Morgan fingerprint density at radius 2 is 1.82 bits per heavy atom. The number of carbonyl (C=O) groups excluding carboxylic acids is 1. The number of carbonyl (C=O) groups is 1. The Bertz CT molecular complexity index is 986. The van der Waals surface area contributed by atoms with E-state index in [-0.39, 0.29) is 10.5 Å². The van der Waals surface area contributed by atoms with E-state index in [4.69, 9.17) is 16.3 Å². The third kappa shape index (κ3) is 4.32. The molecule has 0 radical (unpaired) electrons. The van der Waals surface area contributed by atoms with Crippen molar-refractivity contribution in [2.45, 2.75) is 31.1 Å². The lowest BCUT2D eigenvalue weighted by molar-refractivity contribution is 0.102. The molecule has 1 saturated heterocycles. The van der Waals surface area contributed by atoms with Gasteiger partial charge in [0, 0.05) is 23.7 Å². The largest absolute Gasteiger partial charge is 0.495 e. The van der Waals surface area contributed by atoms with Crippen LogP contribution < -0.4 is 10.1 Å². The van der Waals surface area contributed by atoms with Gasteiger partial charge in [-0.3, -0.25) is 4.79 Å². The van der Waals surface area contributed by atoms with Crippen LogP contribution in [-0.2, 0) is 10.0 Å². The standard InChI is InChI=1S/C20H23ClN2O4S/c1-14-6-7-15(12-19(14)28(25,26)23-10-4-3-5-11-23)20(24)22-17-13-16(21)8-9-18(17)27-2/h6-9,12-13H,3-5,10-11H2,1-2H3,(H,22,24). The van der Waals surface area contributed by atoms with Crippen molar-refractivity contribution in [3.8, 4) is 5.75 Å². The summed E-state index contributed by atoms with van der Waals surface area (Å²) in [5.41, 5.74) is 1.28. The molecule has 1 amide bonds. The molecule has 1 aliphatic heterocycles. The number of ether oxygens (including phenoxy) is 1. The van der Waals surface area contributed by atoms with Gasteiger partial charge in [0.15, 0.2) is 0 Å². The van der Waals surface area contributed by atoms with E-state index in [0.29, 0.717) is 35.1 Å². The summed E-state index contributed by atoms with van der Waals surface area (Å²) in [7, 11) is -2.14. The average Bonchev–Trinajstić information content (AvgIpc) is 2.69. The molecule has 0 bridgehead atoms. The molecule has 3 rings (SSSR count). The first-order valence-electron chi connectivity index (χ1n) is 9.08. The van der Waals surface area contributed by atoms with Gasteiger partial charge in [-0.2, -0.15) is 4.31 Å². The van der Waals surface area contributed by atoms with E-state index in [9.17, 15) is 13.2 Å². The predicted molar refractivity (Wildman–Crippen MR) is 110 cm³/mol. The van der Waals surface area contributed by atoms with E-state index >= 15 is 0 Å². The second-order valence-corrected chi connectivity index (χ2v) is 9.09. The molecule has 150 valence electrons. The van der Waals surface area contributed by atoms with Crippen LogP contribution in [0, 0.1) is 6.92 Å². The van der Waals surface area contributed by atoms with Gasteiger partial charge in [-0.25, -0.2) is 8.42 Å². The fourth-order valence-electron chi connectivity index (χ4n) is 3.24. The van der Waals surface area contributed by atoms with E-state index in [1.165, 1.54) is 17.5 Å². The fraction of sp³-hybridized carbons (Fsp3) is 0.350. The maximum absolute atomic E-state index is 13.0. The molecule has 1 fully saturated rings. The number of nitrogens with zero attached hydrogens (tertiary/aromatic N) is 1. The number of rotatable bonds is 5. The second kappa shape index (κ2) is 8.51. The number of hydrogen-bond acceptors (Lipinski definition) is 4. The van der Waals surface area contributed by atoms with Crippen LogP contribution in [0.15, 0.2) is 41.3 Å². The lowest BCUT2D eigenvalue weighted by atomic mass is 10.1. The Morgan fingerprint density at radius 3 is 2.50 bits per heavy atom. The van der Waals surface area contributed by atoms with Crippen LogP contribution in [0.4, 0.5) is 5.69 Å². The van der Waals surface area contributed by atoms with E-state index in [1.54, 1.807) is 37.3 Å². The zero-order valence-electron chi connectivity index (χ0n) is 15.9. The molecule has 1 N–H and O–H groups in total. The summed E-state index contributed by atoms with van der Waals surface area (Å²) in [4.78, 5) is 12.9. The minimum absolute atomic E-state index is 0.167. The smallest absolute Gasteiger partial charge is 0.255 e. The summed E-state index contributed by atoms with van der Waals surface area (Å²) in [6.45, 7) is 2.76. The molecule has 0 spiro atoms. The van der Waals surface area contributed by atoms with Crippen molar-refractivity contribution in [1.29, 1.82) is 0 Å². The molecule has 28 heavy (non-hydrogen) atoms. The third-order valence-electron chi connectivity index (χ3n) is 4.79. The average molecular weight is 423 g/mol. The highest BCUT2D eigenvalue weighted by Crippen LogP contribution is 2.29. The molecule has 0 aromatic heterocycles. The first-order chi connectivity index (χ1) is 13.3. The van der Waals surface area contributed by atoms with Crippen molar-refractivity contribution >= 4 is 33.2 Å². The number of anilines is 1. The van der Waals surface area contributed by atoms with Crippen LogP contribution in [0.2, 0.25) is 5.02 Å². The number of amides is 1. The summed E-state index contributed by atoms with van der Waals surface area (Å²) >= 11 is 6.00. The molecule has 6 nitrogen and oxygen atoms in total. The molecule has 0 aliphatic carbocycles. The molecular weight excluding hydrogens is 400 g/mol. The number of halogens is 1. The predicted octanol–water partition coefficient (Wildman–Crippen LogP) is 4.08. The number of aryl methyl sites for hydroxylation is 1.